The maximum atomic E-state index is 11.4. The van der Waals surface area contributed by atoms with Crippen molar-refractivity contribution >= 4 is 29.5 Å². The first-order valence-corrected chi connectivity index (χ1v) is 5.93. The minimum Gasteiger partial charge on any atom is -0.480 e. The van der Waals surface area contributed by atoms with Crippen LogP contribution in [0, 0.1) is 0 Å². The predicted molar refractivity (Wildman–Crippen MR) is 61.0 cm³/mol. The van der Waals surface area contributed by atoms with Crippen LogP contribution in [0.1, 0.15) is 13.3 Å². The molecule has 0 unspecified atom stereocenters. The van der Waals surface area contributed by atoms with Gasteiger partial charge in [0, 0.05) is 6.08 Å². The van der Waals surface area contributed by atoms with Crippen LogP contribution in [0.15, 0.2) is 12.2 Å². The number of fused-ring (bicyclic) bond motifs is 1. The largest absolute Gasteiger partial charge is 0.480 e. The highest BCUT2D eigenvalue weighted by Crippen LogP contribution is 2.51. The summed E-state index contributed by atoms with van der Waals surface area (Å²) in [6.45, 7) is 1.70. The van der Waals surface area contributed by atoms with Crippen molar-refractivity contribution in [1.29, 1.82) is 0 Å². The third-order valence-corrected chi connectivity index (χ3v) is 4.50. The molecule has 0 spiro atoms. The van der Waals surface area contributed by atoms with Gasteiger partial charge in [-0.15, -0.1) is 11.8 Å². The van der Waals surface area contributed by atoms with Gasteiger partial charge in [-0.1, -0.05) is 6.08 Å². The minimum absolute atomic E-state index is 0.105. The van der Waals surface area contributed by atoms with Crippen LogP contribution in [0.25, 0.3) is 0 Å². The van der Waals surface area contributed by atoms with E-state index in [9.17, 15) is 19.5 Å². The number of carboxylic acids is 1. The molecular formula is C10H12N2O4S. The van der Waals surface area contributed by atoms with Gasteiger partial charge in [0.25, 0.3) is 0 Å². The number of amides is 2. The van der Waals surface area contributed by atoms with Gasteiger partial charge in [-0.25, -0.2) is 4.79 Å². The van der Waals surface area contributed by atoms with E-state index >= 15 is 0 Å². The summed E-state index contributed by atoms with van der Waals surface area (Å²) in [5.74, 6) is -1.85. The van der Waals surface area contributed by atoms with Gasteiger partial charge in [-0.3, -0.25) is 9.59 Å². The summed E-state index contributed by atoms with van der Waals surface area (Å²) in [5.41, 5.74) is 5.00. The van der Waals surface area contributed by atoms with E-state index in [0.717, 1.165) is 6.08 Å². The van der Waals surface area contributed by atoms with Gasteiger partial charge in [-0.05, 0) is 6.92 Å². The molecular weight excluding hydrogens is 244 g/mol. The van der Waals surface area contributed by atoms with Crippen molar-refractivity contribution in [3.63, 3.8) is 0 Å². The lowest BCUT2D eigenvalue weighted by molar-refractivity contribution is -0.156. The van der Waals surface area contributed by atoms with Crippen LogP contribution in [0.4, 0.5) is 0 Å². The van der Waals surface area contributed by atoms with E-state index in [1.54, 1.807) is 6.92 Å². The summed E-state index contributed by atoms with van der Waals surface area (Å²) in [5, 5.41) is 9.09. The van der Waals surface area contributed by atoms with Crippen LogP contribution < -0.4 is 5.73 Å². The van der Waals surface area contributed by atoms with Crippen LogP contribution in [0.2, 0.25) is 0 Å². The fourth-order valence-electron chi connectivity index (χ4n) is 2.19. The molecule has 92 valence electrons. The Bertz CT molecular complexity index is 436. The average molecular weight is 256 g/mol. The molecule has 2 amide bonds. The van der Waals surface area contributed by atoms with Crippen LogP contribution in [-0.2, 0) is 14.4 Å². The molecule has 0 aromatic carbocycles. The first-order valence-electron chi connectivity index (χ1n) is 5.05. The lowest BCUT2D eigenvalue weighted by Crippen LogP contribution is -2.57. The van der Waals surface area contributed by atoms with Crippen molar-refractivity contribution in [2.24, 2.45) is 5.73 Å². The second-order valence-electron chi connectivity index (χ2n) is 4.24. The standard InChI is InChI=1S/C10H12N2O4S/c1-10(3-2-5(11)13)8(9(15)16)12-6(14)4-7(12)17-10/h2-3,7-8H,4H2,1H3,(H2,11,13)(H,15,16)/b3-2+/t7-,8+,10+/m1/s1. The molecule has 2 fully saturated rings. The zero-order valence-corrected chi connectivity index (χ0v) is 9.94. The molecule has 0 saturated carbocycles. The number of nitrogens with zero attached hydrogens (tertiary/aromatic N) is 1. The molecule has 3 N–H and O–H groups in total. The van der Waals surface area contributed by atoms with E-state index in [4.69, 9.17) is 5.73 Å². The number of primary amides is 1. The summed E-state index contributed by atoms with van der Waals surface area (Å²) in [6, 6.07) is -0.936. The highest BCUT2D eigenvalue weighted by molar-refractivity contribution is 8.01. The van der Waals surface area contributed by atoms with E-state index in [1.807, 2.05) is 0 Å². The summed E-state index contributed by atoms with van der Waals surface area (Å²) in [6.07, 6.45) is 2.98. The zero-order chi connectivity index (χ0) is 12.8. The Morgan fingerprint density at radius 1 is 1.65 bits per heavy atom. The lowest BCUT2D eigenvalue weighted by Gasteiger charge is -2.36. The minimum atomic E-state index is -1.07. The van der Waals surface area contributed by atoms with Gasteiger partial charge in [0.2, 0.25) is 11.8 Å². The molecule has 2 rings (SSSR count). The van der Waals surface area contributed by atoms with E-state index < -0.39 is 22.7 Å². The van der Waals surface area contributed by atoms with Crippen molar-refractivity contribution in [3.8, 4) is 0 Å². The normalized spacial score (nSPS) is 35.8. The van der Waals surface area contributed by atoms with Gasteiger partial charge in [0.1, 0.15) is 6.04 Å². The molecule has 0 aromatic heterocycles. The Kier molecular flexibility index (Phi) is 2.65. The third-order valence-electron chi connectivity index (χ3n) is 2.97. The molecule has 17 heavy (non-hydrogen) atoms. The fraction of sp³-hybridized carbons (Fsp3) is 0.500. The molecule has 0 bridgehead atoms. The van der Waals surface area contributed by atoms with E-state index in [-0.39, 0.29) is 11.3 Å². The Hall–Kier alpha value is -1.50. The number of aliphatic carboxylic acids is 1. The van der Waals surface area contributed by atoms with Crippen molar-refractivity contribution in [1.82, 2.24) is 4.90 Å². The lowest BCUT2D eigenvalue weighted by atomic mass is 9.96. The number of hydrogen-bond acceptors (Lipinski definition) is 4. The molecule has 2 heterocycles. The highest BCUT2D eigenvalue weighted by Gasteiger charge is 2.59. The Morgan fingerprint density at radius 3 is 2.76 bits per heavy atom. The summed E-state index contributed by atoms with van der Waals surface area (Å²) in [7, 11) is 0. The van der Waals surface area contributed by atoms with Gasteiger partial charge >= 0.3 is 5.97 Å². The second kappa shape index (κ2) is 3.76. The van der Waals surface area contributed by atoms with Crippen LogP contribution >= 0.6 is 11.8 Å². The molecule has 2 aliphatic rings. The van der Waals surface area contributed by atoms with E-state index in [0.29, 0.717) is 6.42 Å². The number of nitrogens with two attached hydrogens (primary N) is 1. The number of carbonyl (C=O) groups excluding carboxylic acids is 2. The summed E-state index contributed by atoms with van der Waals surface area (Å²) >= 11 is 1.37. The zero-order valence-electron chi connectivity index (χ0n) is 9.12. The fourth-order valence-corrected chi connectivity index (χ4v) is 3.84. The number of β-lactam (4-membered cyclic amide) rings is 1. The number of hydrogen-bond donors (Lipinski definition) is 2. The molecule has 3 atom stereocenters. The maximum Gasteiger partial charge on any atom is 0.328 e. The van der Waals surface area contributed by atoms with E-state index in [2.05, 4.69) is 0 Å². The Morgan fingerprint density at radius 2 is 2.29 bits per heavy atom. The molecule has 2 aliphatic heterocycles. The Balaban J connectivity index is 2.30. The smallest absolute Gasteiger partial charge is 0.328 e. The molecule has 0 aliphatic carbocycles. The van der Waals surface area contributed by atoms with Gasteiger partial charge in [0.05, 0.1) is 16.5 Å². The predicted octanol–water partition coefficient (Wildman–Crippen LogP) is -0.455. The van der Waals surface area contributed by atoms with Crippen LogP contribution in [0.3, 0.4) is 0 Å². The molecule has 2 saturated heterocycles. The van der Waals surface area contributed by atoms with Crippen LogP contribution in [0.5, 0.6) is 0 Å². The molecule has 0 radical (unpaired) electrons. The molecule has 0 aromatic rings. The second-order valence-corrected chi connectivity index (χ2v) is 5.90. The molecule has 7 heteroatoms. The van der Waals surface area contributed by atoms with Crippen LogP contribution in [-0.4, -0.2) is 44.0 Å². The van der Waals surface area contributed by atoms with Crippen molar-refractivity contribution in [2.75, 3.05) is 0 Å². The average Bonchev–Trinajstić information content (AvgIpc) is 2.45. The summed E-state index contributed by atoms with van der Waals surface area (Å²) in [4.78, 5) is 34.7. The number of carboxylic acid groups (broad SMARTS) is 1. The topological polar surface area (TPSA) is 101 Å². The third kappa shape index (κ3) is 1.80. The van der Waals surface area contributed by atoms with Gasteiger partial charge < -0.3 is 15.7 Å². The van der Waals surface area contributed by atoms with Gasteiger partial charge in [0.15, 0.2) is 0 Å². The van der Waals surface area contributed by atoms with Crippen molar-refractivity contribution in [3.05, 3.63) is 12.2 Å². The maximum absolute atomic E-state index is 11.4. The first kappa shape index (κ1) is 12.0. The monoisotopic (exact) mass is 256 g/mol. The quantitative estimate of drug-likeness (QED) is 0.526. The first-order chi connectivity index (χ1) is 7.85. The van der Waals surface area contributed by atoms with Crippen molar-refractivity contribution in [2.45, 2.75) is 29.5 Å². The Labute approximate surface area is 102 Å². The highest BCUT2D eigenvalue weighted by atomic mass is 32.2. The number of thioether (sulfide) groups is 1. The van der Waals surface area contributed by atoms with E-state index in [1.165, 1.54) is 22.7 Å². The van der Waals surface area contributed by atoms with Crippen molar-refractivity contribution < 1.29 is 19.5 Å². The number of carbonyl (C=O) groups is 3. The molecule has 6 nitrogen and oxygen atoms in total. The number of rotatable bonds is 3. The SMILES string of the molecule is C[C@@]1(/C=C/C(N)=O)S[C@@H]2CC(=O)N2[C@H]1C(=O)O. The van der Waals surface area contributed by atoms with Gasteiger partial charge in [-0.2, -0.15) is 0 Å². The summed E-state index contributed by atoms with van der Waals surface area (Å²) < 4.78 is -0.808.